The number of hydrogen-bond acceptors (Lipinski definition) is 29. The number of amides is 5. The van der Waals surface area contributed by atoms with Crippen LogP contribution in [-0.2, 0) is 103 Å². The molecule has 43 heteroatoms. The molecule has 704 valence electrons. The number of hydrogen-bond donors (Lipinski definition) is 7. The van der Waals surface area contributed by atoms with Crippen LogP contribution in [-0.4, -0.2) is 343 Å². The van der Waals surface area contributed by atoms with Crippen molar-refractivity contribution in [3.05, 3.63) is 124 Å². The van der Waals surface area contributed by atoms with Gasteiger partial charge in [0.1, 0.15) is 75.1 Å². The molecule has 7 rings (SSSR count). The number of ether oxygens (including phenoxy) is 8. The first-order valence-corrected chi connectivity index (χ1v) is 51.8. The molecule has 4 aliphatic rings. The Kier molecular flexibility index (Phi) is 50.3. The second-order valence-electron chi connectivity index (χ2n) is 33.1. The molecule has 0 radical (unpaired) electrons. The lowest BCUT2D eigenvalue weighted by atomic mass is 9.90. The normalized spacial score (nSPS) is 22.2. The molecule has 6 heterocycles. The highest BCUT2D eigenvalue weighted by Crippen LogP contribution is 2.52. The second kappa shape index (κ2) is 55.6. The summed E-state index contributed by atoms with van der Waals surface area (Å²) >= 11 is 2.94. The van der Waals surface area contributed by atoms with Gasteiger partial charge < -0.3 is 106 Å². The Bertz CT molecular complexity index is 4310. The lowest BCUT2D eigenvalue weighted by Crippen LogP contribution is -2.49. The fourth-order valence-corrected chi connectivity index (χ4v) is 17.6. The van der Waals surface area contributed by atoms with Crippen LogP contribution in [0.3, 0.4) is 0 Å². The number of benzene rings is 1. The van der Waals surface area contributed by atoms with E-state index < -0.39 is 131 Å². The van der Waals surface area contributed by atoms with Crippen molar-refractivity contribution >= 4 is 81.4 Å². The predicted molar refractivity (Wildman–Crippen MR) is 480 cm³/mol. The number of imide groups is 1. The van der Waals surface area contributed by atoms with Crippen molar-refractivity contribution in [2.24, 2.45) is 11.8 Å². The second-order valence-corrected chi connectivity index (χ2v) is 45.8. The molecule has 3 fully saturated rings. The smallest absolute Gasteiger partial charge is 0.335 e. The summed E-state index contributed by atoms with van der Waals surface area (Å²) in [6, 6.07) is 9.52. The highest BCUT2D eigenvalue weighted by Gasteiger charge is 2.54. The van der Waals surface area contributed by atoms with E-state index in [1.807, 2.05) is 122 Å². The highest BCUT2D eigenvalue weighted by molar-refractivity contribution is 9.09. The molecule has 3 saturated heterocycles. The number of likely N-dealkylation sites (N-methyl/N-ethyl adjacent to an activating group) is 3. The number of halogens is 1. The van der Waals surface area contributed by atoms with Crippen LogP contribution in [0.5, 0.6) is 0 Å². The number of aliphatic hydroxyl groups excluding tert-OH is 2. The van der Waals surface area contributed by atoms with Gasteiger partial charge in [0.2, 0.25) is 30.2 Å². The molecule has 4 aliphatic heterocycles. The number of nitrogens with one attached hydrogen (secondary N) is 5. The predicted octanol–water partition coefficient (Wildman–Crippen LogP) is 4.55. The van der Waals surface area contributed by atoms with Crippen molar-refractivity contribution < 1.29 is 99.6 Å². The van der Waals surface area contributed by atoms with Crippen LogP contribution in [0.1, 0.15) is 96.9 Å². The number of esters is 1. The van der Waals surface area contributed by atoms with E-state index in [4.69, 9.17) is 53.9 Å². The molecule has 0 aliphatic carbocycles. The zero-order valence-corrected chi connectivity index (χ0v) is 81.3. The van der Waals surface area contributed by atoms with Crippen molar-refractivity contribution in [1.29, 1.82) is 0 Å². The summed E-state index contributed by atoms with van der Waals surface area (Å²) < 4.78 is 103. The van der Waals surface area contributed by atoms with Gasteiger partial charge in [-0.2, -0.15) is 0 Å². The van der Waals surface area contributed by atoms with Crippen LogP contribution in [0.2, 0.25) is 0 Å². The van der Waals surface area contributed by atoms with Gasteiger partial charge >= 0.3 is 17.3 Å². The Balaban J connectivity index is 0.000000462. The molecule has 7 N–H and O–H groups in total. The van der Waals surface area contributed by atoms with E-state index in [-0.39, 0.29) is 99.7 Å². The fraction of sp³-hybridized carbons (Fsp3) is 0.716. The molecule has 124 heavy (non-hydrogen) atoms. The Morgan fingerprint density at radius 2 is 1.15 bits per heavy atom. The van der Waals surface area contributed by atoms with Gasteiger partial charge in [-0.25, -0.2) is 25.4 Å². The van der Waals surface area contributed by atoms with E-state index in [0.717, 1.165) is 21.8 Å². The molecule has 2 unspecified atom stereocenters. The van der Waals surface area contributed by atoms with E-state index in [1.165, 1.54) is 23.9 Å². The number of aryl methyl sites for hydroxylation is 2. The van der Waals surface area contributed by atoms with Gasteiger partial charge in [0.25, 0.3) is 25.6 Å². The van der Waals surface area contributed by atoms with Crippen LogP contribution in [0.15, 0.2) is 73.6 Å². The third-order valence-corrected chi connectivity index (χ3v) is 26.0. The molecule has 2 aromatic heterocycles. The molecular weight excluding hydrogens is 1760 g/mol. The van der Waals surface area contributed by atoms with Gasteiger partial charge in [0.05, 0.1) is 58.9 Å². The lowest BCUT2D eigenvalue weighted by Gasteiger charge is -2.38. The van der Waals surface area contributed by atoms with Gasteiger partial charge in [0.15, 0.2) is 12.5 Å². The minimum Gasteiger partial charge on any atom is -0.465 e. The van der Waals surface area contributed by atoms with Crippen molar-refractivity contribution in [1.82, 2.24) is 59.3 Å². The van der Waals surface area contributed by atoms with E-state index >= 15 is 0 Å². The van der Waals surface area contributed by atoms with Crippen LogP contribution in [0, 0.1) is 32.3 Å². The average molecular weight is 1900 g/mol. The monoisotopic (exact) mass is 1900 g/mol. The number of carbonyl (C=O) groups excluding carboxylic acids is 6. The summed E-state index contributed by atoms with van der Waals surface area (Å²) in [5.74, 6) is -3.29. The molecule has 0 saturated carbocycles. The summed E-state index contributed by atoms with van der Waals surface area (Å²) in [4.78, 5) is 135. The van der Waals surface area contributed by atoms with E-state index in [2.05, 4.69) is 56.4 Å². The summed E-state index contributed by atoms with van der Waals surface area (Å²) in [5.41, 5.74) is -0.375. The molecule has 1 aromatic carbocycles. The third-order valence-electron chi connectivity index (χ3n) is 19.4. The van der Waals surface area contributed by atoms with Gasteiger partial charge in [0, 0.05) is 112 Å². The Labute approximate surface area is 738 Å². The maximum absolute atomic E-state index is 13.6. The van der Waals surface area contributed by atoms with Crippen molar-refractivity contribution in [2.45, 2.75) is 174 Å². The van der Waals surface area contributed by atoms with Crippen molar-refractivity contribution in [3.63, 3.8) is 0 Å². The maximum Gasteiger partial charge on any atom is 0.335 e. The van der Waals surface area contributed by atoms with Crippen molar-refractivity contribution in [2.75, 3.05) is 192 Å². The SMILES string of the molecule is CCOC(=O)CBr.CO.Cc1cn([C@@H]2O[C@H](CCP(C)(C)=O)[C@@H](C)[C@H]2OCC(=O)NCCN(C)C)c(=O)n(COCc2ccccc2)c1=O.Cc1cn([C@@H]2O[C@H](CCP(C)(C)=O)[C@@H](O)[C@H]2OCC(=O)NCCN(C)C)c(=O)[nH]c1=O.[C-]#[N+]CCOP(O[C@H]1[C@@H](OCC(=O)NCCN(C)C)[C@H](C2C=C(C)C(=O)NC2=O)O[C@@H]1CCP(C)(C)=O)N(C(C)C)C(C)C. The first-order chi connectivity index (χ1) is 58.1. The average Bonchev–Trinajstić information content (AvgIpc) is 1.58. The number of nitrogens with zero attached hydrogens (tertiary/aromatic N) is 8. The molecule has 14 atom stereocenters. The Morgan fingerprint density at radius 3 is 1.62 bits per heavy atom. The zero-order chi connectivity index (χ0) is 93.7. The number of aromatic amines is 1. The van der Waals surface area contributed by atoms with Gasteiger partial charge in [-0.05, 0) is 162 Å². The summed E-state index contributed by atoms with van der Waals surface area (Å²) in [6.45, 7) is 37.2. The molecule has 5 amide bonds. The largest absolute Gasteiger partial charge is 0.465 e. The van der Waals surface area contributed by atoms with E-state index in [0.29, 0.717) is 100 Å². The van der Waals surface area contributed by atoms with E-state index in [1.54, 1.807) is 66.8 Å². The van der Waals surface area contributed by atoms with Crippen LogP contribution in [0.25, 0.3) is 4.85 Å². The summed E-state index contributed by atoms with van der Waals surface area (Å²) in [5, 5.41) is 28.8. The lowest BCUT2D eigenvalue weighted by molar-refractivity contribution is -0.140. The number of alkyl halides is 1. The van der Waals surface area contributed by atoms with Gasteiger partial charge in [-0.15, -0.1) is 0 Å². The van der Waals surface area contributed by atoms with Crippen LogP contribution in [0.4, 0.5) is 0 Å². The molecule has 3 aromatic rings. The third kappa shape index (κ3) is 39.4. The minimum absolute atomic E-state index is 0.0275. The number of H-pyrrole nitrogens is 1. The molecular formula is C81H138BrN13O25P4. The zero-order valence-electron chi connectivity index (χ0n) is 76.2. The number of aliphatic hydroxyl groups is 2. The van der Waals surface area contributed by atoms with Gasteiger partial charge in [-0.1, -0.05) is 59.3 Å². The molecule has 0 bridgehead atoms. The Morgan fingerprint density at radius 1 is 0.669 bits per heavy atom. The quantitative estimate of drug-likeness (QED) is 0.0102. The van der Waals surface area contributed by atoms with Crippen molar-refractivity contribution in [3.8, 4) is 0 Å². The number of carbonyl (C=O) groups is 6. The standard InChI is InChI=1S/C29H51N5O8P2.C28H43N4O7P.C19H33N4O7P.C4H7BrO2.CH4O/c1-19(2)34(20(3)4)43(40-15-13-30-6)42-26-23(11-16-44(9,10)38)41-25(22-17-21(5)28(36)32-29(22)37)27(26)39-18-24(35)31-12-14-33(7)8;1-20-16-31(28(35)32(26(20)34)19-37-17-22-10-8-7-9-11-22)27-25(38-18-24(33)29-13-14-30(3)4)21(2)23(39-27)12-15-40(5,6)36;1-12-10-23(19(27)21-17(12)26)18-16(29-11-14(24)20-7-8-22(2)3)15(25)13(30-18)6-9-31(4,5)28;1-2-7-4(6)3-5;1-2/h17,19-20,22-23,25-27H,11-16,18H2,1-5,7-10H3,(H,31,35)(H,32,36,37);7-11,16,21,23,25,27H,12-15,17-19H2,1-6H3,(H,29,33);10,13,15-16,18,25H,6-9,11H2,1-5H3,(H,20,24)(H,21,26,27);2-3H2,1H3;2H,1H3/t22?,23-,25+,26-,27+,43?;21-,23-,25-,27-;13-,15-,16-,18-;;/m111../s1. The number of rotatable bonds is 44. The fourth-order valence-electron chi connectivity index (χ4n) is 13.0. The van der Waals surface area contributed by atoms with Crippen LogP contribution >= 0.6 is 45.9 Å². The maximum atomic E-state index is 13.6. The van der Waals surface area contributed by atoms with Crippen LogP contribution < -0.4 is 43.8 Å². The molecule has 38 nitrogen and oxygen atoms in total. The topological polar surface area (TPSA) is 451 Å². The Hall–Kier alpha value is -6.17. The van der Waals surface area contributed by atoms with E-state index in [9.17, 15) is 66.7 Å². The molecule has 0 spiro atoms. The minimum atomic E-state index is -2.45. The first-order valence-electron chi connectivity index (χ1n) is 41.2. The van der Waals surface area contributed by atoms with Gasteiger partial charge in [-0.3, -0.25) is 57.8 Å². The first kappa shape index (κ1) is 112. The summed E-state index contributed by atoms with van der Waals surface area (Å²) in [6.07, 6.45) is -2.38. The number of aromatic nitrogens is 4. The summed E-state index contributed by atoms with van der Waals surface area (Å²) in [7, 11) is 3.58. The highest BCUT2D eigenvalue weighted by atomic mass is 79.9.